The maximum Gasteiger partial charge on any atom is 0.235 e. The molecule has 1 aromatic carbocycles. The lowest BCUT2D eigenvalue weighted by Crippen LogP contribution is -2.16. The van der Waals surface area contributed by atoms with Crippen molar-refractivity contribution < 1.29 is 9.53 Å². The van der Waals surface area contributed by atoms with Crippen molar-refractivity contribution in [3.8, 4) is 5.75 Å². The lowest BCUT2D eigenvalue weighted by molar-refractivity contribution is -0.115. The monoisotopic (exact) mass is 296 g/mol. The normalized spacial score (nSPS) is 10.6. The van der Waals surface area contributed by atoms with Gasteiger partial charge in [-0.05, 0) is 36.8 Å². The maximum absolute atomic E-state index is 12.1. The lowest BCUT2D eigenvalue weighted by atomic mass is 10.1. The number of hydrogen-bond donors (Lipinski definition) is 1. The highest BCUT2D eigenvalue weighted by molar-refractivity contribution is 5.91. The van der Waals surface area contributed by atoms with Crippen LogP contribution in [0.25, 0.3) is 5.65 Å². The van der Waals surface area contributed by atoms with Crippen LogP contribution < -0.4 is 10.1 Å². The molecule has 0 aliphatic carbocycles. The number of nitrogens with zero attached hydrogens (tertiary/aromatic N) is 3. The van der Waals surface area contributed by atoms with Gasteiger partial charge in [0.15, 0.2) is 5.65 Å². The number of ether oxygens (including phenoxy) is 1. The van der Waals surface area contributed by atoms with Gasteiger partial charge in [0.2, 0.25) is 11.9 Å². The Bertz CT molecular complexity index is 780. The number of nitrogens with one attached hydrogen (secondary N) is 1. The minimum atomic E-state index is -0.137. The van der Waals surface area contributed by atoms with Crippen LogP contribution in [0.2, 0.25) is 0 Å². The Kier molecular flexibility index (Phi) is 4.00. The van der Waals surface area contributed by atoms with Gasteiger partial charge in [0, 0.05) is 6.20 Å². The molecule has 0 spiro atoms. The molecule has 2 aromatic heterocycles. The Morgan fingerprint density at radius 1 is 1.18 bits per heavy atom. The van der Waals surface area contributed by atoms with Crippen LogP contribution in [-0.4, -0.2) is 27.1 Å². The molecule has 112 valence electrons. The van der Waals surface area contributed by atoms with Crippen LogP contribution in [0.3, 0.4) is 0 Å². The quantitative estimate of drug-likeness (QED) is 0.784. The van der Waals surface area contributed by atoms with E-state index in [0.29, 0.717) is 18.2 Å². The number of carbonyl (C=O) groups is 1. The van der Waals surface area contributed by atoms with E-state index < -0.39 is 0 Å². The van der Waals surface area contributed by atoms with Crippen molar-refractivity contribution in [3.05, 3.63) is 54.2 Å². The number of pyridine rings is 1. The van der Waals surface area contributed by atoms with Gasteiger partial charge in [-0.2, -0.15) is 0 Å². The summed E-state index contributed by atoms with van der Waals surface area (Å²) < 4.78 is 7.11. The lowest BCUT2D eigenvalue weighted by Gasteiger charge is -2.05. The Morgan fingerprint density at radius 2 is 2.00 bits per heavy atom. The van der Waals surface area contributed by atoms with Gasteiger partial charge in [0.1, 0.15) is 5.75 Å². The predicted molar refractivity (Wildman–Crippen MR) is 82.9 cm³/mol. The highest BCUT2D eigenvalue weighted by atomic mass is 16.5. The number of aromatic nitrogens is 3. The molecule has 0 aliphatic heterocycles. The van der Waals surface area contributed by atoms with Crippen LogP contribution in [0.1, 0.15) is 12.5 Å². The minimum absolute atomic E-state index is 0.137. The van der Waals surface area contributed by atoms with E-state index in [2.05, 4.69) is 15.5 Å². The molecule has 6 heteroatoms. The van der Waals surface area contributed by atoms with Gasteiger partial charge >= 0.3 is 0 Å². The number of fused-ring (bicyclic) bond motifs is 1. The zero-order chi connectivity index (χ0) is 15.4. The first-order valence-electron chi connectivity index (χ1n) is 7.07. The van der Waals surface area contributed by atoms with Crippen LogP contribution in [0.15, 0.2) is 48.7 Å². The van der Waals surface area contributed by atoms with Gasteiger partial charge in [-0.15, -0.1) is 10.2 Å². The van der Waals surface area contributed by atoms with Crippen LogP contribution in [-0.2, 0) is 11.2 Å². The third kappa shape index (κ3) is 3.06. The molecule has 0 atom stereocenters. The topological polar surface area (TPSA) is 68.5 Å². The molecule has 2 heterocycles. The van der Waals surface area contributed by atoms with Crippen molar-refractivity contribution in [1.29, 1.82) is 0 Å². The van der Waals surface area contributed by atoms with E-state index in [9.17, 15) is 4.79 Å². The number of carbonyl (C=O) groups excluding carboxylic acids is 1. The fourth-order valence-corrected chi connectivity index (χ4v) is 2.15. The number of rotatable bonds is 5. The first kappa shape index (κ1) is 14.1. The molecule has 1 N–H and O–H groups in total. The summed E-state index contributed by atoms with van der Waals surface area (Å²) in [6, 6.07) is 13.0. The van der Waals surface area contributed by atoms with E-state index >= 15 is 0 Å². The van der Waals surface area contributed by atoms with Gasteiger partial charge in [0.05, 0.1) is 13.0 Å². The van der Waals surface area contributed by atoms with E-state index in [-0.39, 0.29) is 12.3 Å². The molecule has 0 bridgehead atoms. The van der Waals surface area contributed by atoms with Crippen molar-refractivity contribution in [2.75, 3.05) is 11.9 Å². The van der Waals surface area contributed by atoms with E-state index in [1.54, 1.807) is 4.40 Å². The zero-order valence-corrected chi connectivity index (χ0v) is 12.2. The summed E-state index contributed by atoms with van der Waals surface area (Å²) in [5.41, 5.74) is 1.61. The predicted octanol–water partition coefficient (Wildman–Crippen LogP) is 2.31. The van der Waals surface area contributed by atoms with E-state index in [4.69, 9.17) is 4.74 Å². The van der Waals surface area contributed by atoms with E-state index in [0.717, 1.165) is 11.3 Å². The second-order valence-electron chi connectivity index (χ2n) is 4.75. The maximum atomic E-state index is 12.1. The molecule has 22 heavy (non-hydrogen) atoms. The first-order chi connectivity index (χ1) is 10.8. The molecule has 6 nitrogen and oxygen atoms in total. The van der Waals surface area contributed by atoms with Crippen molar-refractivity contribution in [2.45, 2.75) is 13.3 Å². The van der Waals surface area contributed by atoms with Crippen molar-refractivity contribution in [2.24, 2.45) is 0 Å². The number of benzene rings is 1. The SMILES string of the molecule is CCOc1ccc(CC(=O)Nc2nnc3ccccn23)cc1. The molecule has 0 radical (unpaired) electrons. The van der Waals surface area contributed by atoms with Crippen LogP contribution >= 0.6 is 0 Å². The summed E-state index contributed by atoms with van der Waals surface area (Å²) in [6.45, 7) is 2.56. The van der Waals surface area contributed by atoms with E-state index in [1.165, 1.54) is 0 Å². The molecular formula is C16H16N4O2. The van der Waals surface area contributed by atoms with Gasteiger partial charge < -0.3 is 4.74 Å². The standard InChI is InChI=1S/C16H16N4O2/c1-2-22-13-8-6-12(7-9-13)11-15(21)17-16-19-18-14-5-3-4-10-20(14)16/h3-10H,2,11H2,1H3,(H,17,19,21). The molecule has 0 saturated carbocycles. The van der Waals surface area contributed by atoms with Crippen molar-refractivity contribution in [3.63, 3.8) is 0 Å². The first-order valence-corrected chi connectivity index (χ1v) is 7.07. The molecule has 0 unspecified atom stereocenters. The molecule has 0 fully saturated rings. The van der Waals surface area contributed by atoms with Crippen molar-refractivity contribution >= 4 is 17.5 Å². The zero-order valence-electron chi connectivity index (χ0n) is 12.2. The summed E-state index contributed by atoms with van der Waals surface area (Å²) in [6.07, 6.45) is 2.08. The highest BCUT2D eigenvalue weighted by Gasteiger charge is 2.09. The summed E-state index contributed by atoms with van der Waals surface area (Å²) in [4.78, 5) is 12.1. The number of anilines is 1. The fourth-order valence-electron chi connectivity index (χ4n) is 2.15. The largest absolute Gasteiger partial charge is 0.494 e. The second kappa shape index (κ2) is 6.26. The van der Waals surface area contributed by atoms with Crippen LogP contribution in [0, 0.1) is 0 Å². The molecule has 3 rings (SSSR count). The summed E-state index contributed by atoms with van der Waals surface area (Å²) in [5, 5.41) is 10.7. The fraction of sp³-hybridized carbons (Fsp3) is 0.188. The summed E-state index contributed by atoms with van der Waals surface area (Å²) in [7, 11) is 0. The van der Waals surface area contributed by atoms with Gasteiger partial charge in [-0.3, -0.25) is 14.5 Å². The Labute approximate surface area is 127 Å². The number of amides is 1. The Balaban J connectivity index is 1.67. The average Bonchev–Trinajstić information content (AvgIpc) is 2.93. The highest BCUT2D eigenvalue weighted by Crippen LogP contribution is 2.13. The summed E-state index contributed by atoms with van der Waals surface area (Å²) in [5.74, 6) is 1.09. The molecule has 0 saturated heterocycles. The van der Waals surface area contributed by atoms with Gasteiger partial charge in [-0.25, -0.2) is 0 Å². The third-order valence-electron chi connectivity index (χ3n) is 3.16. The minimum Gasteiger partial charge on any atom is -0.494 e. The third-order valence-corrected chi connectivity index (χ3v) is 3.16. The van der Waals surface area contributed by atoms with Gasteiger partial charge in [0.25, 0.3) is 0 Å². The Hall–Kier alpha value is -2.89. The smallest absolute Gasteiger partial charge is 0.235 e. The summed E-state index contributed by atoms with van der Waals surface area (Å²) >= 11 is 0. The molecular weight excluding hydrogens is 280 g/mol. The average molecular weight is 296 g/mol. The van der Waals surface area contributed by atoms with Crippen molar-refractivity contribution in [1.82, 2.24) is 14.6 Å². The van der Waals surface area contributed by atoms with E-state index in [1.807, 2.05) is 55.6 Å². The second-order valence-corrected chi connectivity index (χ2v) is 4.75. The molecule has 1 amide bonds. The van der Waals surface area contributed by atoms with Crippen LogP contribution in [0.4, 0.5) is 5.95 Å². The van der Waals surface area contributed by atoms with Crippen LogP contribution in [0.5, 0.6) is 5.75 Å². The number of hydrogen-bond acceptors (Lipinski definition) is 4. The molecule has 3 aromatic rings. The Morgan fingerprint density at radius 3 is 2.77 bits per heavy atom. The van der Waals surface area contributed by atoms with Gasteiger partial charge in [-0.1, -0.05) is 18.2 Å². The molecule has 0 aliphatic rings.